The lowest BCUT2D eigenvalue weighted by atomic mass is 9.99. The molecule has 2 aromatic heterocycles. The number of benzene rings is 2. The van der Waals surface area contributed by atoms with Crippen molar-refractivity contribution in [1.29, 1.82) is 0 Å². The van der Waals surface area contributed by atoms with Gasteiger partial charge in [-0.05, 0) is 36.6 Å². The maximum atomic E-state index is 11.5. The monoisotopic (exact) mass is 688 g/mol. The Bertz CT molecular complexity index is 1690. The Hall–Kier alpha value is -4.22. The van der Waals surface area contributed by atoms with Crippen LogP contribution in [-0.2, 0) is 22.7 Å². The Balaban J connectivity index is 1.20. The number of pyridine rings is 2. The number of nitrogens with zero attached hydrogens (tertiary/aromatic N) is 2. The molecule has 4 aromatic rings. The van der Waals surface area contributed by atoms with Gasteiger partial charge in [0.2, 0.25) is 17.7 Å². The van der Waals surface area contributed by atoms with Crippen LogP contribution < -0.4 is 30.7 Å². The maximum absolute atomic E-state index is 11.5. The average Bonchev–Trinajstić information content (AvgIpc) is 3.72. The largest absolute Gasteiger partial charge is 0.496 e. The summed E-state index contributed by atoms with van der Waals surface area (Å²) in [6.45, 7) is 2.52. The first-order valence-electron chi connectivity index (χ1n) is 16.0. The lowest BCUT2D eigenvalue weighted by molar-refractivity contribution is -0.120. The van der Waals surface area contributed by atoms with E-state index in [0.717, 1.165) is 46.4 Å². The molecule has 2 aliphatic heterocycles. The zero-order chi connectivity index (χ0) is 33.6. The molecule has 250 valence electrons. The number of carbonyl (C=O) groups excluding carboxylic acids is 2. The topological polar surface area (TPSA) is 126 Å². The van der Waals surface area contributed by atoms with Crippen molar-refractivity contribution in [3.63, 3.8) is 0 Å². The highest BCUT2D eigenvalue weighted by molar-refractivity contribution is 6.39. The van der Waals surface area contributed by atoms with Gasteiger partial charge in [-0.1, -0.05) is 59.6 Å². The van der Waals surface area contributed by atoms with Gasteiger partial charge >= 0.3 is 0 Å². The van der Waals surface area contributed by atoms with Crippen LogP contribution in [0.25, 0.3) is 33.6 Å². The zero-order valence-electron chi connectivity index (χ0n) is 26.9. The number of ether oxygens (including phenoxy) is 2. The molecule has 2 amide bonds. The molecule has 48 heavy (non-hydrogen) atoms. The van der Waals surface area contributed by atoms with Gasteiger partial charge in [0.05, 0.1) is 35.7 Å². The van der Waals surface area contributed by atoms with Crippen molar-refractivity contribution in [1.82, 2.24) is 31.2 Å². The zero-order valence-corrected chi connectivity index (χ0v) is 28.4. The number of aromatic nitrogens is 2. The van der Waals surface area contributed by atoms with Crippen molar-refractivity contribution >= 4 is 35.0 Å². The van der Waals surface area contributed by atoms with Crippen molar-refractivity contribution in [3.8, 4) is 45.3 Å². The molecule has 4 heterocycles. The number of amides is 2. The third kappa shape index (κ3) is 7.57. The predicted octanol–water partition coefficient (Wildman–Crippen LogP) is 5.54. The number of carbonyl (C=O) groups is 2. The number of hydrogen-bond acceptors (Lipinski definition) is 8. The van der Waals surface area contributed by atoms with Crippen LogP contribution in [0.4, 0.5) is 0 Å². The molecule has 12 heteroatoms. The van der Waals surface area contributed by atoms with E-state index < -0.39 is 0 Å². The van der Waals surface area contributed by atoms with Crippen LogP contribution in [0, 0.1) is 0 Å². The van der Waals surface area contributed by atoms with Crippen molar-refractivity contribution in [2.45, 2.75) is 50.9 Å². The average molecular weight is 690 g/mol. The molecule has 0 aliphatic carbocycles. The molecule has 10 nitrogen and oxygen atoms in total. The molecule has 6 rings (SSSR count). The Morgan fingerprint density at radius 2 is 1.46 bits per heavy atom. The number of methoxy groups -OCH3 is 2. The van der Waals surface area contributed by atoms with Gasteiger partial charge in [-0.2, -0.15) is 0 Å². The minimum Gasteiger partial charge on any atom is -0.496 e. The third-order valence-corrected chi connectivity index (χ3v) is 9.52. The summed E-state index contributed by atoms with van der Waals surface area (Å²) in [6.07, 6.45) is 4.55. The fraction of sp³-hybridized carbons (Fsp3) is 0.333. The Morgan fingerprint density at radius 3 is 2.10 bits per heavy atom. The van der Waals surface area contributed by atoms with Crippen molar-refractivity contribution < 1.29 is 19.1 Å². The minimum atomic E-state index is 0.0969. The van der Waals surface area contributed by atoms with Crippen LogP contribution in [-0.4, -0.2) is 61.2 Å². The standard InChI is InChI=1S/C36H38Cl2N6O4/c1-47-30-16-21(6-7-22(30)17-39-19-24-9-12-31(45)42-24)26-14-15-41-35(34(26)38)28-5-3-4-27(33(28)37)29-11-8-23(36(44-29)48-2)18-40-20-25-10-13-32(46)43-25/h3-8,11,14-16,24-25,39-40H,9-10,12-13,17-20H2,1-2H3,(H,42,45)(H,43,46)/t24-,25+/m0/s1. The summed E-state index contributed by atoms with van der Waals surface area (Å²) >= 11 is 14.1. The first-order valence-corrected chi connectivity index (χ1v) is 16.7. The van der Waals surface area contributed by atoms with Gasteiger partial charge in [-0.25, -0.2) is 4.98 Å². The maximum Gasteiger partial charge on any atom is 0.220 e. The van der Waals surface area contributed by atoms with Crippen LogP contribution in [0.3, 0.4) is 0 Å². The Labute approximate surface area is 289 Å². The minimum absolute atomic E-state index is 0.0969. The summed E-state index contributed by atoms with van der Waals surface area (Å²) in [6, 6.07) is 17.7. The van der Waals surface area contributed by atoms with E-state index in [1.165, 1.54) is 0 Å². The SMILES string of the molecule is COc1cc(-c2ccnc(-c3cccc(-c4ccc(CNC[C@H]5CCC(=O)N5)c(OC)n4)c3Cl)c2Cl)ccc1CNC[C@@H]1CCC(=O)N1. The molecule has 2 atom stereocenters. The second-order valence-corrected chi connectivity index (χ2v) is 12.7. The second kappa shape index (κ2) is 15.3. The smallest absolute Gasteiger partial charge is 0.220 e. The number of halogens is 2. The number of rotatable bonds is 13. The van der Waals surface area contributed by atoms with Crippen LogP contribution in [0.2, 0.25) is 10.0 Å². The highest BCUT2D eigenvalue weighted by Crippen LogP contribution is 2.42. The summed E-state index contributed by atoms with van der Waals surface area (Å²) in [5.41, 5.74) is 6.18. The first-order chi connectivity index (χ1) is 23.3. The van der Waals surface area contributed by atoms with Crippen molar-refractivity contribution in [2.75, 3.05) is 27.3 Å². The lowest BCUT2D eigenvalue weighted by Gasteiger charge is -2.16. The van der Waals surface area contributed by atoms with E-state index in [-0.39, 0.29) is 23.9 Å². The lowest BCUT2D eigenvalue weighted by Crippen LogP contribution is -2.35. The molecule has 0 unspecified atom stereocenters. The van der Waals surface area contributed by atoms with E-state index in [4.69, 9.17) is 37.7 Å². The van der Waals surface area contributed by atoms with Gasteiger partial charge in [0.15, 0.2) is 0 Å². The molecule has 0 saturated carbocycles. The fourth-order valence-electron chi connectivity index (χ4n) is 6.18. The first kappa shape index (κ1) is 33.7. The molecule has 2 saturated heterocycles. The van der Waals surface area contributed by atoms with Gasteiger partial charge in [0, 0.05) is 85.1 Å². The van der Waals surface area contributed by atoms with Gasteiger partial charge < -0.3 is 30.7 Å². The summed E-state index contributed by atoms with van der Waals surface area (Å²) in [7, 11) is 3.24. The molecule has 2 aromatic carbocycles. The Kier molecular flexibility index (Phi) is 10.8. The quantitative estimate of drug-likeness (QED) is 0.144. The van der Waals surface area contributed by atoms with E-state index in [0.29, 0.717) is 71.9 Å². The van der Waals surface area contributed by atoms with Gasteiger partial charge in [-0.15, -0.1) is 0 Å². The fourth-order valence-corrected chi connectivity index (χ4v) is 6.81. The van der Waals surface area contributed by atoms with E-state index in [2.05, 4.69) is 26.3 Å². The van der Waals surface area contributed by atoms with Crippen molar-refractivity contribution in [2.24, 2.45) is 0 Å². The van der Waals surface area contributed by atoms with Crippen LogP contribution in [0.1, 0.15) is 36.8 Å². The predicted molar refractivity (Wildman–Crippen MR) is 187 cm³/mol. The van der Waals surface area contributed by atoms with E-state index in [1.54, 1.807) is 20.4 Å². The molecule has 2 fully saturated rings. The number of nitrogens with one attached hydrogen (secondary N) is 4. The molecular formula is C36H38Cl2N6O4. The third-order valence-electron chi connectivity index (χ3n) is 8.73. The van der Waals surface area contributed by atoms with E-state index in [9.17, 15) is 9.59 Å². The van der Waals surface area contributed by atoms with Gasteiger partial charge in [0.25, 0.3) is 0 Å². The Morgan fingerprint density at radius 1 is 0.792 bits per heavy atom. The summed E-state index contributed by atoms with van der Waals surface area (Å²) in [5.74, 6) is 1.43. The molecular weight excluding hydrogens is 651 g/mol. The molecule has 4 N–H and O–H groups in total. The molecule has 0 radical (unpaired) electrons. The summed E-state index contributed by atoms with van der Waals surface area (Å²) in [4.78, 5) is 32.4. The van der Waals surface area contributed by atoms with Crippen LogP contribution >= 0.6 is 23.2 Å². The van der Waals surface area contributed by atoms with E-state index in [1.807, 2.05) is 54.6 Å². The second-order valence-electron chi connectivity index (χ2n) is 11.9. The summed E-state index contributed by atoms with van der Waals surface area (Å²) in [5, 5.41) is 13.7. The van der Waals surface area contributed by atoms with E-state index >= 15 is 0 Å². The normalized spacial score (nSPS) is 17.3. The molecule has 2 aliphatic rings. The van der Waals surface area contributed by atoms with Gasteiger partial charge in [-0.3, -0.25) is 14.6 Å². The molecule has 0 spiro atoms. The van der Waals surface area contributed by atoms with Crippen LogP contribution in [0.15, 0.2) is 60.8 Å². The highest BCUT2D eigenvalue weighted by Gasteiger charge is 2.22. The highest BCUT2D eigenvalue weighted by atomic mass is 35.5. The summed E-state index contributed by atoms with van der Waals surface area (Å²) < 4.78 is 11.4. The molecule has 0 bridgehead atoms. The number of hydrogen-bond donors (Lipinski definition) is 4. The van der Waals surface area contributed by atoms with Crippen LogP contribution in [0.5, 0.6) is 11.6 Å². The van der Waals surface area contributed by atoms with Crippen molar-refractivity contribution in [3.05, 3.63) is 82.0 Å². The van der Waals surface area contributed by atoms with Gasteiger partial charge in [0.1, 0.15) is 5.75 Å².